The molecule has 0 aliphatic rings. The quantitative estimate of drug-likeness (QED) is 0.275. The van der Waals surface area contributed by atoms with Gasteiger partial charge in [0.1, 0.15) is 0 Å². The molecule has 25 heavy (non-hydrogen) atoms. The Bertz CT molecular complexity index is 491. The molecule has 0 heterocycles. The fourth-order valence-electron chi connectivity index (χ4n) is 2.91. The van der Waals surface area contributed by atoms with E-state index in [1.165, 1.54) is 12.8 Å². The second-order valence-corrected chi connectivity index (χ2v) is 6.54. The van der Waals surface area contributed by atoms with Crippen molar-refractivity contribution in [1.82, 2.24) is 5.48 Å². The van der Waals surface area contributed by atoms with Crippen molar-refractivity contribution < 1.29 is 14.8 Å². The van der Waals surface area contributed by atoms with E-state index < -0.39 is 0 Å². The van der Waals surface area contributed by atoms with Crippen molar-refractivity contribution in [3.05, 3.63) is 30.3 Å². The maximum atomic E-state index is 11.9. The minimum absolute atomic E-state index is 0.0235. The molecule has 0 bridgehead atoms. The van der Waals surface area contributed by atoms with Gasteiger partial charge in [-0.2, -0.15) is 0 Å². The van der Waals surface area contributed by atoms with Crippen LogP contribution in [0.4, 0.5) is 5.69 Å². The van der Waals surface area contributed by atoms with Gasteiger partial charge in [0.05, 0.1) is 0 Å². The number of hydrogen-bond donors (Lipinski definition) is 3. The first-order valence-electron chi connectivity index (χ1n) is 9.46. The zero-order valence-corrected chi connectivity index (χ0v) is 15.3. The van der Waals surface area contributed by atoms with E-state index in [1.54, 1.807) is 5.48 Å². The number of amides is 2. The minimum Gasteiger partial charge on any atom is -0.326 e. The van der Waals surface area contributed by atoms with Crippen LogP contribution >= 0.6 is 0 Å². The highest BCUT2D eigenvalue weighted by atomic mass is 16.5. The summed E-state index contributed by atoms with van der Waals surface area (Å²) in [5, 5.41) is 11.7. The van der Waals surface area contributed by atoms with Gasteiger partial charge in [-0.15, -0.1) is 0 Å². The lowest BCUT2D eigenvalue weighted by molar-refractivity contribution is -0.134. The van der Waals surface area contributed by atoms with Crippen molar-refractivity contribution in [2.45, 2.75) is 71.1 Å². The summed E-state index contributed by atoms with van der Waals surface area (Å²) < 4.78 is 0. The van der Waals surface area contributed by atoms with Crippen molar-refractivity contribution in [3.63, 3.8) is 0 Å². The van der Waals surface area contributed by atoms with Gasteiger partial charge in [-0.05, 0) is 31.4 Å². The van der Waals surface area contributed by atoms with Gasteiger partial charge in [0, 0.05) is 18.0 Å². The second kappa shape index (κ2) is 13.4. The molecule has 0 aromatic heterocycles. The molecule has 0 aliphatic carbocycles. The van der Waals surface area contributed by atoms with E-state index in [1.807, 2.05) is 30.3 Å². The number of carbonyl (C=O) groups is 2. The molecule has 0 spiro atoms. The number of rotatable bonds is 13. The van der Waals surface area contributed by atoms with Crippen LogP contribution in [0.5, 0.6) is 0 Å². The molecular weight excluding hydrogens is 316 g/mol. The van der Waals surface area contributed by atoms with Gasteiger partial charge < -0.3 is 5.32 Å². The van der Waals surface area contributed by atoms with E-state index >= 15 is 0 Å². The van der Waals surface area contributed by atoms with Crippen LogP contribution < -0.4 is 10.8 Å². The monoisotopic (exact) mass is 348 g/mol. The number of carbonyl (C=O) groups excluding carboxylic acids is 2. The molecular formula is C20H32N2O3. The molecule has 0 radical (unpaired) electrons. The topological polar surface area (TPSA) is 78.4 Å². The molecule has 5 nitrogen and oxygen atoms in total. The lowest BCUT2D eigenvalue weighted by Gasteiger charge is -2.14. The van der Waals surface area contributed by atoms with Crippen LogP contribution in [0.25, 0.3) is 0 Å². The molecule has 0 fully saturated rings. The number of hydroxylamine groups is 1. The summed E-state index contributed by atoms with van der Waals surface area (Å²) in [4.78, 5) is 23.6. The van der Waals surface area contributed by atoms with Gasteiger partial charge in [-0.25, -0.2) is 5.48 Å². The summed E-state index contributed by atoms with van der Waals surface area (Å²) in [5.41, 5.74) is 2.61. The Kier molecular flexibility index (Phi) is 11.4. The molecule has 1 aromatic carbocycles. The average Bonchev–Trinajstić information content (AvgIpc) is 2.63. The van der Waals surface area contributed by atoms with E-state index in [0.29, 0.717) is 6.42 Å². The lowest BCUT2D eigenvalue weighted by atomic mass is 9.94. The maximum absolute atomic E-state index is 11.9. The zero-order chi connectivity index (χ0) is 18.3. The Balaban J connectivity index is 2.17. The van der Waals surface area contributed by atoms with Crippen molar-refractivity contribution in [3.8, 4) is 0 Å². The van der Waals surface area contributed by atoms with Crippen LogP contribution in [0.15, 0.2) is 30.3 Å². The maximum Gasteiger partial charge on any atom is 0.246 e. The zero-order valence-electron chi connectivity index (χ0n) is 15.3. The van der Waals surface area contributed by atoms with Gasteiger partial charge in [-0.1, -0.05) is 63.6 Å². The number of hydrogen-bond acceptors (Lipinski definition) is 3. The molecule has 1 rings (SSSR count). The molecule has 0 aliphatic heterocycles. The molecule has 0 unspecified atom stereocenters. The Morgan fingerprint density at radius 2 is 1.60 bits per heavy atom. The molecule has 140 valence electrons. The Hall–Kier alpha value is -1.88. The number of nitrogens with one attached hydrogen (secondary N) is 2. The molecule has 1 atom stereocenters. The van der Waals surface area contributed by atoms with E-state index in [2.05, 4.69) is 12.2 Å². The molecule has 0 saturated carbocycles. The Morgan fingerprint density at radius 1 is 0.960 bits per heavy atom. The van der Waals surface area contributed by atoms with Crippen LogP contribution in [-0.4, -0.2) is 17.0 Å². The normalized spacial score (nSPS) is 11.8. The van der Waals surface area contributed by atoms with Crippen LogP contribution in [0.1, 0.15) is 71.1 Å². The molecule has 0 saturated heterocycles. The summed E-state index contributed by atoms with van der Waals surface area (Å²) in [7, 11) is 0. The van der Waals surface area contributed by atoms with Gasteiger partial charge in [0.25, 0.3) is 0 Å². The van der Waals surface area contributed by atoms with Crippen LogP contribution in [-0.2, 0) is 9.59 Å². The third kappa shape index (κ3) is 9.87. The fraction of sp³-hybridized carbons (Fsp3) is 0.600. The van der Waals surface area contributed by atoms with Gasteiger partial charge in [-0.3, -0.25) is 14.8 Å². The van der Waals surface area contributed by atoms with Gasteiger partial charge >= 0.3 is 0 Å². The summed E-state index contributed by atoms with van der Waals surface area (Å²) in [5.74, 6) is -0.381. The Labute approximate surface area is 151 Å². The molecule has 3 N–H and O–H groups in total. The van der Waals surface area contributed by atoms with Crippen LogP contribution in [0.3, 0.4) is 0 Å². The van der Waals surface area contributed by atoms with Crippen molar-refractivity contribution in [2.75, 3.05) is 5.32 Å². The number of para-hydroxylation sites is 1. The third-order valence-electron chi connectivity index (χ3n) is 4.40. The highest BCUT2D eigenvalue weighted by Gasteiger charge is 2.17. The number of unbranched alkanes of at least 4 members (excludes halogenated alkanes) is 5. The van der Waals surface area contributed by atoms with Crippen LogP contribution in [0.2, 0.25) is 0 Å². The summed E-state index contributed by atoms with van der Waals surface area (Å²) >= 11 is 0. The minimum atomic E-state index is -0.279. The van der Waals surface area contributed by atoms with E-state index in [-0.39, 0.29) is 17.7 Å². The lowest BCUT2D eigenvalue weighted by Crippen LogP contribution is -2.27. The van der Waals surface area contributed by atoms with Crippen LogP contribution in [0, 0.1) is 5.92 Å². The molecule has 5 heteroatoms. The standard InChI is InChI=1S/C20H32N2O3/c1-2-3-4-7-12-17(20(24)22-25)13-8-5-11-16-19(23)21-18-14-9-6-10-15-18/h6,9-10,14-15,17,25H,2-5,7-8,11-13,16H2,1H3,(H,21,23)(H,22,24)/t17-/m0/s1. The highest BCUT2D eigenvalue weighted by molar-refractivity contribution is 5.90. The highest BCUT2D eigenvalue weighted by Crippen LogP contribution is 2.19. The van der Waals surface area contributed by atoms with Crippen molar-refractivity contribution >= 4 is 17.5 Å². The largest absolute Gasteiger partial charge is 0.326 e. The van der Waals surface area contributed by atoms with Gasteiger partial charge in [0.2, 0.25) is 11.8 Å². The fourth-order valence-corrected chi connectivity index (χ4v) is 2.91. The summed E-state index contributed by atoms with van der Waals surface area (Å²) in [6.45, 7) is 2.16. The smallest absolute Gasteiger partial charge is 0.246 e. The van der Waals surface area contributed by atoms with E-state index in [0.717, 1.165) is 50.6 Å². The first-order chi connectivity index (χ1) is 12.2. The first kappa shape index (κ1) is 21.2. The van der Waals surface area contributed by atoms with E-state index in [9.17, 15) is 9.59 Å². The summed E-state index contributed by atoms with van der Waals surface area (Å²) in [6, 6.07) is 9.44. The Morgan fingerprint density at radius 3 is 2.20 bits per heavy atom. The molecule has 2 amide bonds. The number of anilines is 1. The third-order valence-corrected chi connectivity index (χ3v) is 4.40. The average molecular weight is 348 g/mol. The molecule has 1 aromatic rings. The van der Waals surface area contributed by atoms with E-state index in [4.69, 9.17) is 5.21 Å². The van der Waals surface area contributed by atoms with Gasteiger partial charge in [0.15, 0.2) is 0 Å². The number of benzene rings is 1. The van der Waals surface area contributed by atoms with Crippen molar-refractivity contribution in [2.24, 2.45) is 5.92 Å². The SMILES string of the molecule is CCCCCC[C@@H](CCCCCC(=O)Nc1ccccc1)C(=O)NO. The first-order valence-corrected chi connectivity index (χ1v) is 9.46. The predicted octanol–water partition coefficient (Wildman–Crippen LogP) is 4.67. The summed E-state index contributed by atoms with van der Waals surface area (Å²) in [6.07, 6.45) is 9.18. The second-order valence-electron chi connectivity index (χ2n) is 6.54. The predicted molar refractivity (Wildman–Crippen MR) is 100 cm³/mol. The van der Waals surface area contributed by atoms with Crippen molar-refractivity contribution in [1.29, 1.82) is 0 Å².